The van der Waals surface area contributed by atoms with Crippen molar-refractivity contribution in [2.45, 2.75) is 64.3 Å². The number of benzene rings is 1. The summed E-state index contributed by atoms with van der Waals surface area (Å²) >= 11 is 13.0. The van der Waals surface area contributed by atoms with E-state index in [1.54, 1.807) is 0 Å². The molecule has 0 spiro atoms. The average Bonchev–Trinajstić information content (AvgIpc) is 2.70. The van der Waals surface area contributed by atoms with E-state index in [0.717, 1.165) is 22.2 Å². The quantitative estimate of drug-likeness (QED) is 0.649. The van der Waals surface area contributed by atoms with Gasteiger partial charge in [-0.25, -0.2) is 0 Å². The second kappa shape index (κ2) is 8.41. The molecule has 1 atom stereocenters. The molecule has 3 heteroatoms. The first kappa shape index (κ1) is 17.1. The monoisotopic (exact) mass is 327 g/mol. The van der Waals surface area contributed by atoms with Crippen LogP contribution in [-0.4, -0.2) is 12.6 Å². The molecule has 0 aliphatic heterocycles. The highest BCUT2D eigenvalue weighted by Gasteiger charge is 2.27. The minimum atomic E-state index is 0.423. The number of rotatable bonds is 5. The molecular weight excluding hydrogens is 301 g/mol. The second-order valence-corrected chi connectivity index (χ2v) is 7.37. The molecule has 1 saturated carbocycles. The molecule has 0 bridgehead atoms. The van der Waals surface area contributed by atoms with Crippen LogP contribution < -0.4 is 5.32 Å². The Morgan fingerprint density at radius 1 is 1.05 bits per heavy atom. The summed E-state index contributed by atoms with van der Waals surface area (Å²) in [4.78, 5) is 0. The molecule has 1 unspecified atom stereocenters. The fraction of sp³-hybridized carbons (Fsp3) is 0.667. The van der Waals surface area contributed by atoms with E-state index in [9.17, 15) is 0 Å². The van der Waals surface area contributed by atoms with Gasteiger partial charge in [-0.3, -0.25) is 0 Å². The van der Waals surface area contributed by atoms with Crippen molar-refractivity contribution in [3.8, 4) is 0 Å². The Kier molecular flexibility index (Phi) is 6.85. The van der Waals surface area contributed by atoms with Gasteiger partial charge in [-0.2, -0.15) is 0 Å². The van der Waals surface area contributed by atoms with Crippen LogP contribution in [0.15, 0.2) is 18.2 Å². The third-order valence-corrected chi connectivity index (χ3v) is 5.24. The third kappa shape index (κ3) is 4.87. The lowest BCUT2D eigenvalue weighted by atomic mass is 9.81. The summed E-state index contributed by atoms with van der Waals surface area (Å²) in [5.41, 5.74) is 1.15. The van der Waals surface area contributed by atoms with Crippen molar-refractivity contribution in [2.24, 2.45) is 5.92 Å². The van der Waals surface area contributed by atoms with E-state index in [0.29, 0.717) is 17.9 Å². The van der Waals surface area contributed by atoms with Crippen LogP contribution in [0.5, 0.6) is 0 Å². The standard InChI is InChI=1S/C18H27Cl2N/c1-13(2)21-12-15(14-8-5-3-4-6-9-14)18-16(19)10-7-11-17(18)20/h7,10-11,13-15,21H,3-6,8-9,12H2,1-2H3. The molecule has 21 heavy (non-hydrogen) atoms. The molecular formula is C18H27Cl2N. The van der Waals surface area contributed by atoms with Crippen molar-refractivity contribution in [3.63, 3.8) is 0 Å². The van der Waals surface area contributed by atoms with Gasteiger partial charge in [-0.1, -0.05) is 68.8 Å². The summed E-state index contributed by atoms with van der Waals surface area (Å²) in [6.45, 7) is 5.35. The molecule has 0 amide bonds. The molecule has 0 aromatic heterocycles. The first-order valence-corrected chi connectivity index (χ1v) is 9.02. The highest BCUT2D eigenvalue weighted by atomic mass is 35.5. The van der Waals surface area contributed by atoms with E-state index >= 15 is 0 Å². The van der Waals surface area contributed by atoms with E-state index in [1.165, 1.54) is 38.5 Å². The van der Waals surface area contributed by atoms with E-state index in [-0.39, 0.29) is 0 Å². The van der Waals surface area contributed by atoms with Crippen molar-refractivity contribution < 1.29 is 0 Å². The lowest BCUT2D eigenvalue weighted by Gasteiger charge is -2.29. The summed E-state index contributed by atoms with van der Waals surface area (Å²) in [6.07, 6.45) is 8.02. The lowest BCUT2D eigenvalue weighted by Crippen LogP contribution is -2.31. The van der Waals surface area contributed by atoms with Crippen molar-refractivity contribution >= 4 is 23.2 Å². The predicted octanol–water partition coefficient (Wildman–Crippen LogP) is 6.05. The molecule has 118 valence electrons. The van der Waals surface area contributed by atoms with Crippen molar-refractivity contribution in [3.05, 3.63) is 33.8 Å². The van der Waals surface area contributed by atoms with Gasteiger partial charge in [0.25, 0.3) is 0 Å². The minimum Gasteiger partial charge on any atom is -0.314 e. The Morgan fingerprint density at radius 2 is 1.62 bits per heavy atom. The van der Waals surface area contributed by atoms with Crippen LogP contribution in [0, 0.1) is 5.92 Å². The zero-order chi connectivity index (χ0) is 15.2. The van der Waals surface area contributed by atoms with Gasteiger partial charge in [0, 0.05) is 28.5 Å². The molecule has 1 aromatic rings. The molecule has 1 N–H and O–H groups in total. The van der Waals surface area contributed by atoms with Crippen molar-refractivity contribution in [1.29, 1.82) is 0 Å². The van der Waals surface area contributed by atoms with E-state index in [4.69, 9.17) is 23.2 Å². The normalized spacial score (nSPS) is 18.7. The van der Waals surface area contributed by atoms with Gasteiger partial charge in [0.05, 0.1) is 0 Å². The fourth-order valence-electron chi connectivity index (χ4n) is 3.45. The van der Waals surface area contributed by atoms with Gasteiger partial charge in [0.15, 0.2) is 0 Å². The molecule has 0 heterocycles. The fourth-order valence-corrected chi connectivity index (χ4v) is 4.12. The molecule has 0 radical (unpaired) electrons. The summed E-state index contributed by atoms with van der Waals surface area (Å²) in [5, 5.41) is 5.24. The summed E-state index contributed by atoms with van der Waals surface area (Å²) in [6, 6.07) is 6.37. The summed E-state index contributed by atoms with van der Waals surface area (Å²) in [5.74, 6) is 1.11. The number of hydrogen-bond acceptors (Lipinski definition) is 1. The maximum Gasteiger partial charge on any atom is 0.0456 e. The van der Waals surface area contributed by atoms with Gasteiger partial charge in [0.2, 0.25) is 0 Å². The van der Waals surface area contributed by atoms with E-state index in [1.807, 2.05) is 18.2 Å². The lowest BCUT2D eigenvalue weighted by molar-refractivity contribution is 0.353. The summed E-state index contributed by atoms with van der Waals surface area (Å²) in [7, 11) is 0. The van der Waals surface area contributed by atoms with Crippen LogP contribution in [0.4, 0.5) is 0 Å². The molecule has 1 aliphatic carbocycles. The number of halogens is 2. The van der Waals surface area contributed by atoms with Crippen LogP contribution in [0.3, 0.4) is 0 Å². The van der Waals surface area contributed by atoms with Gasteiger partial charge in [0.1, 0.15) is 0 Å². The van der Waals surface area contributed by atoms with Gasteiger partial charge in [-0.05, 0) is 36.5 Å². The molecule has 1 nitrogen and oxygen atoms in total. The third-order valence-electron chi connectivity index (χ3n) is 4.59. The largest absolute Gasteiger partial charge is 0.314 e. The van der Waals surface area contributed by atoms with E-state index in [2.05, 4.69) is 19.2 Å². The van der Waals surface area contributed by atoms with Crippen LogP contribution in [-0.2, 0) is 0 Å². The van der Waals surface area contributed by atoms with Crippen LogP contribution in [0.25, 0.3) is 0 Å². The van der Waals surface area contributed by atoms with Crippen LogP contribution in [0.2, 0.25) is 10.0 Å². The second-order valence-electron chi connectivity index (χ2n) is 6.56. The average molecular weight is 328 g/mol. The predicted molar refractivity (Wildman–Crippen MR) is 93.5 cm³/mol. The Hall–Kier alpha value is -0.240. The highest BCUT2D eigenvalue weighted by Crippen LogP contribution is 2.40. The van der Waals surface area contributed by atoms with Gasteiger partial charge >= 0.3 is 0 Å². The smallest absolute Gasteiger partial charge is 0.0456 e. The maximum atomic E-state index is 6.49. The van der Waals surface area contributed by atoms with Crippen molar-refractivity contribution in [1.82, 2.24) is 5.32 Å². The molecule has 1 aromatic carbocycles. The zero-order valence-electron chi connectivity index (χ0n) is 13.2. The highest BCUT2D eigenvalue weighted by molar-refractivity contribution is 6.36. The Bertz CT molecular complexity index is 417. The summed E-state index contributed by atoms with van der Waals surface area (Å²) < 4.78 is 0. The van der Waals surface area contributed by atoms with Gasteiger partial charge in [-0.15, -0.1) is 0 Å². The van der Waals surface area contributed by atoms with Gasteiger partial charge < -0.3 is 5.32 Å². The number of hydrogen-bond donors (Lipinski definition) is 1. The van der Waals surface area contributed by atoms with Crippen LogP contribution >= 0.6 is 23.2 Å². The first-order valence-electron chi connectivity index (χ1n) is 8.27. The topological polar surface area (TPSA) is 12.0 Å². The van der Waals surface area contributed by atoms with Crippen LogP contribution in [0.1, 0.15) is 63.9 Å². The van der Waals surface area contributed by atoms with Crippen molar-refractivity contribution in [2.75, 3.05) is 6.54 Å². The zero-order valence-corrected chi connectivity index (χ0v) is 14.7. The van der Waals surface area contributed by atoms with E-state index < -0.39 is 0 Å². The Morgan fingerprint density at radius 3 is 2.14 bits per heavy atom. The first-order chi connectivity index (χ1) is 10.1. The number of nitrogens with one attached hydrogen (secondary N) is 1. The Balaban J connectivity index is 2.25. The minimum absolute atomic E-state index is 0.423. The molecule has 1 aliphatic rings. The SMILES string of the molecule is CC(C)NCC(c1c(Cl)cccc1Cl)C1CCCCCC1. The molecule has 0 saturated heterocycles. The molecule has 1 fully saturated rings. The maximum absolute atomic E-state index is 6.49. The molecule has 2 rings (SSSR count). The Labute approximate surface area is 139 Å².